The van der Waals surface area contributed by atoms with Crippen LogP contribution in [0.25, 0.3) is 6.08 Å². The van der Waals surface area contributed by atoms with Crippen molar-refractivity contribution >= 4 is 12.0 Å². The lowest BCUT2D eigenvalue weighted by Gasteiger charge is -2.34. The Bertz CT molecular complexity index is 1030. The van der Waals surface area contributed by atoms with Crippen LogP contribution in [-0.2, 0) is 10.2 Å². The number of aliphatic hydroxyl groups excluding tert-OH is 1. The van der Waals surface area contributed by atoms with Gasteiger partial charge in [0.25, 0.3) is 0 Å². The van der Waals surface area contributed by atoms with Crippen LogP contribution >= 0.6 is 0 Å². The summed E-state index contributed by atoms with van der Waals surface area (Å²) in [5, 5.41) is 29.4. The summed E-state index contributed by atoms with van der Waals surface area (Å²) in [4.78, 5) is 10.7. The number of carboxylic acid groups (broad SMARTS) is 1. The van der Waals surface area contributed by atoms with Gasteiger partial charge in [0.05, 0.1) is 11.7 Å². The Labute approximate surface area is 216 Å². The molecule has 0 unspecified atom stereocenters. The van der Waals surface area contributed by atoms with Gasteiger partial charge in [-0.2, -0.15) is 0 Å². The third-order valence-corrected chi connectivity index (χ3v) is 7.68. The second-order valence-corrected chi connectivity index (χ2v) is 9.88. The van der Waals surface area contributed by atoms with Gasteiger partial charge in [-0.05, 0) is 79.8 Å². The molecule has 0 aliphatic rings. The molecule has 0 bridgehead atoms. The zero-order valence-corrected chi connectivity index (χ0v) is 22.8. The van der Waals surface area contributed by atoms with Crippen LogP contribution in [0, 0.1) is 13.8 Å². The van der Waals surface area contributed by atoms with Crippen molar-refractivity contribution in [2.75, 3.05) is 6.61 Å². The van der Waals surface area contributed by atoms with Crippen molar-refractivity contribution in [1.82, 2.24) is 0 Å². The molecule has 0 heterocycles. The predicted molar refractivity (Wildman–Crippen MR) is 147 cm³/mol. The fourth-order valence-corrected chi connectivity index (χ4v) is 4.79. The number of ether oxygens (including phenoxy) is 1. The third kappa shape index (κ3) is 7.21. The minimum absolute atomic E-state index is 0.0690. The lowest BCUT2D eigenvalue weighted by molar-refractivity contribution is -0.137. The maximum absolute atomic E-state index is 10.7. The summed E-state index contributed by atoms with van der Waals surface area (Å²) in [5.41, 5.74) is 4.84. The first-order valence-electron chi connectivity index (χ1n) is 13.2. The Morgan fingerprint density at radius 2 is 1.53 bits per heavy atom. The van der Waals surface area contributed by atoms with Crippen molar-refractivity contribution in [3.63, 3.8) is 0 Å². The highest BCUT2D eigenvalue weighted by atomic mass is 16.5. The maximum Gasteiger partial charge on any atom is 0.303 e. The highest BCUT2D eigenvalue weighted by Gasteiger charge is 2.31. The van der Waals surface area contributed by atoms with Gasteiger partial charge in [0.2, 0.25) is 0 Å². The Morgan fingerprint density at radius 3 is 2.03 bits per heavy atom. The average molecular weight is 497 g/mol. The topological polar surface area (TPSA) is 87.0 Å². The number of aliphatic hydroxyl groups is 2. The number of carbonyl (C=O) groups is 1. The highest BCUT2D eigenvalue weighted by Crippen LogP contribution is 2.41. The Morgan fingerprint density at radius 1 is 0.944 bits per heavy atom. The molecule has 2 aromatic carbocycles. The molecule has 0 radical (unpaired) electrons. The minimum atomic E-state index is -0.923. The van der Waals surface area contributed by atoms with Crippen molar-refractivity contribution < 1.29 is 24.9 Å². The van der Waals surface area contributed by atoms with E-state index in [0.29, 0.717) is 18.6 Å². The second kappa shape index (κ2) is 13.1. The number of hydrogen-bond donors (Lipinski definition) is 3. The Hall–Kier alpha value is -2.63. The van der Waals surface area contributed by atoms with Gasteiger partial charge < -0.3 is 20.1 Å². The zero-order chi connectivity index (χ0) is 26.9. The molecule has 0 saturated carbocycles. The van der Waals surface area contributed by atoms with Gasteiger partial charge in [0, 0.05) is 11.8 Å². The smallest absolute Gasteiger partial charge is 0.303 e. The van der Waals surface area contributed by atoms with E-state index in [1.807, 2.05) is 39.0 Å². The van der Waals surface area contributed by atoms with E-state index in [0.717, 1.165) is 24.0 Å². The molecule has 0 saturated heterocycles. The normalized spacial score (nSPS) is 13.2. The summed E-state index contributed by atoms with van der Waals surface area (Å²) in [6.45, 7) is 12.6. The van der Waals surface area contributed by atoms with Crippen molar-refractivity contribution in [1.29, 1.82) is 0 Å². The zero-order valence-electron chi connectivity index (χ0n) is 22.8. The Kier molecular flexibility index (Phi) is 10.7. The van der Waals surface area contributed by atoms with Crippen molar-refractivity contribution in [3.8, 4) is 5.75 Å². The summed E-state index contributed by atoms with van der Waals surface area (Å²) in [7, 11) is 0. The van der Waals surface area contributed by atoms with Gasteiger partial charge >= 0.3 is 5.97 Å². The van der Waals surface area contributed by atoms with E-state index in [1.165, 1.54) is 16.7 Å². The molecule has 5 heteroatoms. The van der Waals surface area contributed by atoms with E-state index in [9.17, 15) is 15.0 Å². The van der Waals surface area contributed by atoms with E-state index in [1.54, 1.807) is 0 Å². The summed E-state index contributed by atoms with van der Waals surface area (Å²) in [6.07, 6.45) is 6.49. The van der Waals surface area contributed by atoms with Gasteiger partial charge in [-0.1, -0.05) is 70.2 Å². The molecule has 36 heavy (non-hydrogen) atoms. The molecular weight excluding hydrogens is 452 g/mol. The fraction of sp³-hybridized carbons (Fsp3) is 0.516. The molecule has 198 valence electrons. The van der Waals surface area contributed by atoms with E-state index in [4.69, 9.17) is 9.84 Å². The van der Waals surface area contributed by atoms with Gasteiger partial charge in [0.15, 0.2) is 0 Å². The first-order chi connectivity index (χ1) is 17.0. The maximum atomic E-state index is 10.7. The van der Waals surface area contributed by atoms with Gasteiger partial charge in [-0.15, -0.1) is 0 Å². The van der Waals surface area contributed by atoms with Gasteiger partial charge in [0.1, 0.15) is 12.4 Å². The van der Waals surface area contributed by atoms with Crippen LogP contribution in [0.2, 0.25) is 0 Å². The lowest BCUT2D eigenvalue weighted by atomic mass is 9.70. The molecule has 0 aromatic heterocycles. The largest absolute Gasteiger partial charge is 0.491 e. The van der Waals surface area contributed by atoms with Crippen LogP contribution in [0.15, 0.2) is 42.5 Å². The molecule has 5 nitrogen and oxygen atoms in total. The van der Waals surface area contributed by atoms with Crippen LogP contribution in [0.5, 0.6) is 5.75 Å². The second-order valence-electron chi connectivity index (χ2n) is 9.88. The molecule has 2 aromatic rings. The summed E-state index contributed by atoms with van der Waals surface area (Å²) < 4.78 is 5.81. The molecule has 3 N–H and O–H groups in total. The number of benzene rings is 2. The number of hydrogen-bond acceptors (Lipinski definition) is 4. The monoisotopic (exact) mass is 496 g/mol. The van der Waals surface area contributed by atoms with Gasteiger partial charge in [-0.3, -0.25) is 4.79 Å². The van der Waals surface area contributed by atoms with Crippen LogP contribution in [-0.4, -0.2) is 39.6 Å². The molecule has 0 aliphatic heterocycles. The Balaban J connectivity index is 2.30. The summed E-state index contributed by atoms with van der Waals surface area (Å²) >= 11 is 0. The first-order valence-corrected chi connectivity index (χ1v) is 13.2. The minimum Gasteiger partial charge on any atom is -0.491 e. The van der Waals surface area contributed by atoms with Crippen molar-refractivity contribution in [2.45, 2.75) is 97.2 Å². The van der Waals surface area contributed by atoms with E-state index in [-0.39, 0.29) is 24.9 Å². The van der Waals surface area contributed by atoms with E-state index in [2.05, 4.69) is 51.1 Å². The number of aryl methyl sites for hydroxylation is 2. The predicted octanol–water partition coefficient (Wildman–Crippen LogP) is 6.58. The standard InChI is InChI=1S/C31H44O5/c1-7-30(35,8-2)18-17-24-11-12-25(19-22(24)5)31(9-3,10-4)26-13-15-28(23(6)20-26)36-21-27(32)14-16-29(33)34/h11-13,15,17-20,27,32,35H,7-10,14,16,21H2,1-6H3,(H,33,34)/b18-17-/t27-/m0/s1. The molecule has 0 spiro atoms. The summed E-state index contributed by atoms with van der Waals surface area (Å²) in [6, 6.07) is 12.8. The van der Waals surface area contributed by atoms with Crippen LogP contribution < -0.4 is 4.74 Å². The van der Waals surface area contributed by atoms with Crippen molar-refractivity contribution in [3.05, 3.63) is 70.3 Å². The summed E-state index contributed by atoms with van der Waals surface area (Å²) in [5.74, 6) is -0.224. The molecular formula is C31H44O5. The number of rotatable bonds is 14. The molecule has 0 fully saturated rings. The number of aliphatic carboxylic acids is 1. The van der Waals surface area contributed by atoms with Gasteiger partial charge in [-0.25, -0.2) is 0 Å². The highest BCUT2D eigenvalue weighted by molar-refractivity contribution is 5.66. The van der Waals surface area contributed by atoms with Crippen LogP contribution in [0.3, 0.4) is 0 Å². The van der Waals surface area contributed by atoms with Crippen LogP contribution in [0.4, 0.5) is 0 Å². The molecule has 2 rings (SSSR count). The SMILES string of the molecule is CCC(O)(/C=C\c1ccc(C(CC)(CC)c2ccc(OC[C@@H](O)CCC(=O)O)c(C)c2)cc1C)CC. The molecule has 0 amide bonds. The number of carboxylic acids is 1. The lowest BCUT2D eigenvalue weighted by Crippen LogP contribution is -2.26. The molecule has 0 aliphatic carbocycles. The van der Waals surface area contributed by atoms with Crippen molar-refractivity contribution in [2.24, 2.45) is 0 Å². The van der Waals surface area contributed by atoms with E-state index >= 15 is 0 Å². The first kappa shape index (κ1) is 29.6. The third-order valence-electron chi connectivity index (χ3n) is 7.68. The van der Waals surface area contributed by atoms with Crippen LogP contribution in [0.1, 0.15) is 94.0 Å². The molecule has 1 atom stereocenters. The van der Waals surface area contributed by atoms with E-state index < -0.39 is 17.7 Å². The fourth-order valence-electron chi connectivity index (χ4n) is 4.79. The average Bonchev–Trinajstić information content (AvgIpc) is 2.87. The quantitative estimate of drug-likeness (QED) is 0.275.